The fourth-order valence-corrected chi connectivity index (χ4v) is 4.42. The third-order valence-corrected chi connectivity index (χ3v) is 6.30. The van der Waals surface area contributed by atoms with Crippen LogP contribution in [0.5, 0.6) is 11.5 Å². The van der Waals surface area contributed by atoms with Crippen LogP contribution < -0.4 is 9.47 Å². The van der Waals surface area contributed by atoms with Crippen LogP contribution in [0.25, 0.3) is 6.08 Å². The number of carbonyl (C=O) groups excluding carboxylic acids is 1. The largest absolute Gasteiger partial charge is 0.490 e. The van der Waals surface area contributed by atoms with Crippen molar-refractivity contribution >= 4 is 68.1 Å². The lowest BCUT2D eigenvalue weighted by atomic mass is 10.1. The molecular weight excluding hydrogens is 640 g/mol. The van der Waals surface area contributed by atoms with Crippen molar-refractivity contribution in [3.8, 4) is 11.5 Å². The summed E-state index contributed by atoms with van der Waals surface area (Å²) in [4.78, 5) is 16.8. The van der Waals surface area contributed by atoms with Crippen molar-refractivity contribution in [2.75, 3.05) is 6.61 Å². The van der Waals surface area contributed by atoms with Crippen molar-refractivity contribution in [2.24, 2.45) is 4.99 Å². The van der Waals surface area contributed by atoms with Crippen LogP contribution in [0.3, 0.4) is 0 Å². The summed E-state index contributed by atoms with van der Waals surface area (Å²) in [5.74, 6) is 0.260. The smallest absolute Gasteiger partial charge is 0.363 e. The second-order valence-corrected chi connectivity index (χ2v) is 9.65. The van der Waals surface area contributed by atoms with E-state index in [1.165, 1.54) is 12.1 Å². The Kier molecular flexibility index (Phi) is 7.90. The van der Waals surface area contributed by atoms with Crippen LogP contribution in [-0.4, -0.2) is 18.5 Å². The molecular formula is C25H17BrClFINO4. The van der Waals surface area contributed by atoms with Crippen molar-refractivity contribution in [3.63, 3.8) is 0 Å². The normalized spacial score (nSPS) is 14.2. The molecule has 0 unspecified atom stereocenters. The predicted octanol–water partition coefficient (Wildman–Crippen LogP) is 7.17. The van der Waals surface area contributed by atoms with Gasteiger partial charge in [0, 0.05) is 3.57 Å². The van der Waals surface area contributed by atoms with Crippen molar-refractivity contribution in [1.82, 2.24) is 0 Å². The SMILES string of the molecule is CCOc1cc(/C=C2\N=C(c3cc(I)ccc3Cl)OC2=O)cc(Br)c1OCc1ccc(F)cc1. The van der Waals surface area contributed by atoms with E-state index in [0.29, 0.717) is 38.7 Å². The second kappa shape index (κ2) is 10.9. The summed E-state index contributed by atoms with van der Waals surface area (Å²) in [5, 5.41) is 0.442. The summed E-state index contributed by atoms with van der Waals surface area (Å²) in [6, 6.07) is 15.0. The number of ether oxygens (including phenoxy) is 3. The Morgan fingerprint density at radius 1 is 1.15 bits per heavy atom. The zero-order chi connectivity index (χ0) is 24.2. The van der Waals surface area contributed by atoms with Crippen LogP contribution in [0.4, 0.5) is 4.39 Å². The summed E-state index contributed by atoms with van der Waals surface area (Å²) in [6.07, 6.45) is 1.61. The molecule has 0 saturated heterocycles. The zero-order valence-corrected chi connectivity index (χ0v) is 22.3. The van der Waals surface area contributed by atoms with Gasteiger partial charge in [-0.2, -0.15) is 0 Å². The first-order valence-corrected chi connectivity index (χ1v) is 12.4. The van der Waals surface area contributed by atoms with Crippen LogP contribution in [-0.2, 0) is 16.1 Å². The Morgan fingerprint density at radius 2 is 1.91 bits per heavy atom. The second-order valence-electron chi connectivity index (χ2n) is 7.14. The molecule has 5 nitrogen and oxygen atoms in total. The molecule has 0 amide bonds. The van der Waals surface area contributed by atoms with E-state index in [9.17, 15) is 9.18 Å². The highest BCUT2D eigenvalue weighted by Crippen LogP contribution is 2.38. The third-order valence-electron chi connectivity index (χ3n) is 4.71. The van der Waals surface area contributed by atoms with E-state index >= 15 is 0 Å². The fraction of sp³-hybridized carbons (Fsp3) is 0.120. The number of hydrogen-bond acceptors (Lipinski definition) is 5. The number of benzene rings is 3. The van der Waals surface area contributed by atoms with Crippen molar-refractivity contribution in [2.45, 2.75) is 13.5 Å². The number of nitrogens with zero attached hydrogens (tertiary/aromatic N) is 1. The number of cyclic esters (lactones) is 1. The Bertz CT molecular complexity index is 1310. The average molecular weight is 657 g/mol. The molecule has 4 rings (SSSR count). The molecule has 0 spiro atoms. The van der Waals surface area contributed by atoms with Crippen LogP contribution in [0.1, 0.15) is 23.6 Å². The predicted molar refractivity (Wildman–Crippen MR) is 141 cm³/mol. The van der Waals surface area contributed by atoms with Gasteiger partial charge < -0.3 is 14.2 Å². The van der Waals surface area contributed by atoms with Gasteiger partial charge >= 0.3 is 5.97 Å². The summed E-state index contributed by atoms with van der Waals surface area (Å²) in [7, 11) is 0. The zero-order valence-electron chi connectivity index (χ0n) is 17.8. The van der Waals surface area contributed by atoms with Crippen molar-refractivity contribution in [1.29, 1.82) is 0 Å². The number of halogens is 4. The Hall–Kier alpha value is -2.43. The minimum Gasteiger partial charge on any atom is -0.490 e. The Labute approximate surface area is 222 Å². The molecule has 0 fully saturated rings. The molecule has 0 aliphatic carbocycles. The topological polar surface area (TPSA) is 57.1 Å². The number of hydrogen-bond donors (Lipinski definition) is 0. The third kappa shape index (κ3) is 5.79. The molecule has 0 bridgehead atoms. The first-order valence-electron chi connectivity index (χ1n) is 10.2. The van der Waals surface area contributed by atoms with Gasteiger partial charge in [-0.05, 0) is 105 Å². The maximum atomic E-state index is 13.2. The highest BCUT2D eigenvalue weighted by molar-refractivity contribution is 14.1. The van der Waals surface area contributed by atoms with Gasteiger partial charge in [-0.3, -0.25) is 0 Å². The maximum Gasteiger partial charge on any atom is 0.363 e. The molecule has 34 heavy (non-hydrogen) atoms. The summed E-state index contributed by atoms with van der Waals surface area (Å²) in [6.45, 7) is 2.50. The van der Waals surface area contributed by atoms with E-state index in [0.717, 1.165) is 9.13 Å². The van der Waals surface area contributed by atoms with Gasteiger partial charge in [0.2, 0.25) is 5.90 Å². The minimum atomic E-state index is -0.573. The lowest BCUT2D eigenvalue weighted by Gasteiger charge is -2.15. The molecule has 1 aliphatic heterocycles. The van der Waals surface area contributed by atoms with E-state index in [4.69, 9.17) is 25.8 Å². The number of rotatable bonds is 7. The van der Waals surface area contributed by atoms with Crippen LogP contribution in [0.15, 0.2) is 69.8 Å². The van der Waals surface area contributed by atoms with Gasteiger partial charge in [0.15, 0.2) is 17.2 Å². The number of aliphatic imine (C=N–C) groups is 1. The average Bonchev–Trinajstić information content (AvgIpc) is 3.16. The lowest BCUT2D eigenvalue weighted by molar-refractivity contribution is -0.129. The van der Waals surface area contributed by atoms with E-state index in [1.54, 1.807) is 42.5 Å². The molecule has 3 aromatic carbocycles. The number of carbonyl (C=O) groups is 1. The fourth-order valence-electron chi connectivity index (χ4n) is 3.15. The van der Waals surface area contributed by atoms with Crippen LogP contribution in [0, 0.1) is 9.39 Å². The Balaban J connectivity index is 1.62. The van der Waals surface area contributed by atoms with Crippen molar-refractivity contribution in [3.05, 3.63) is 95.9 Å². The molecule has 0 aromatic heterocycles. The molecule has 0 atom stereocenters. The molecule has 0 N–H and O–H groups in total. The molecule has 1 heterocycles. The van der Waals surface area contributed by atoms with Crippen LogP contribution in [0.2, 0.25) is 5.02 Å². The first kappa shape index (κ1) is 24.7. The van der Waals surface area contributed by atoms with Crippen molar-refractivity contribution < 1.29 is 23.4 Å². The first-order chi connectivity index (χ1) is 16.3. The maximum absolute atomic E-state index is 13.2. The highest BCUT2D eigenvalue weighted by Gasteiger charge is 2.26. The lowest BCUT2D eigenvalue weighted by Crippen LogP contribution is -2.06. The quantitative estimate of drug-likeness (QED) is 0.154. The summed E-state index contributed by atoms with van der Waals surface area (Å²) >= 11 is 11.9. The van der Waals surface area contributed by atoms with Gasteiger partial charge in [-0.25, -0.2) is 14.2 Å². The molecule has 1 aliphatic rings. The molecule has 3 aromatic rings. The molecule has 0 saturated carbocycles. The van der Waals surface area contributed by atoms with E-state index in [2.05, 4.69) is 43.5 Å². The van der Waals surface area contributed by atoms with Gasteiger partial charge in [-0.15, -0.1) is 0 Å². The monoisotopic (exact) mass is 655 g/mol. The molecule has 174 valence electrons. The summed E-state index contributed by atoms with van der Waals surface area (Å²) in [5.41, 5.74) is 2.16. The van der Waals surface area contributed by atoms with Gasteiger partial charge in [0.1, 0.15) is 12.4 Å². The highest BCUT2D eigenvalue weighted by atomic mass is 127. The van der Waals surface area contributed by atoms with Gasteiger partial charge in [-0.1, -0.05) is 23.7 Å². The van der Waals surface area contributed by atoms with Gasteiger partial charge in [0.05, 0.1) is 21.7 Å². The standard InChI is InChI=1S/C25H17BrClFINO4/c1-2-32-22-11-15(9-19(26)23(22)33-13-14-3-5-16(28)6-4-14)10-21-25(31)34-24(30-21)18-12-17(29)7-8-20(18)27/h3-12H,2,13H2,1H3/b21-10-. The van der Waals surface area contributed by atoms with E-state index < -0.39 is 5.97 Å². The molecule has 0 radical (unpaired) electrons. The van der Waals surface area contributed by atoms with Gasteiger partial charge in [0.25, 0.3) is 0 Å². The summed E-state index contributed by atoms with van der Waals surface area (Å²) < 4.78 is 31.8. The Morgan fingerprint density at radius 3 is 2.65 bits per heavy atom. The van der Waals surface area contributed by atoms with Crippen LogP contribution >= 0.6 is 50.1 Å². The minimum absolute atomic E-state index is 0.138. The van der Waals surface area contributed by atoms with E-state index in [1.807, 2.05) is 13.0 Å². The number of esters is 1. The molecule has 9 heteroatoms. The van der Waals surface area contributed by atoms with E-state index in [-0.39, 0.29) is 24.0 Å².